The molecule has 0 radical (unpaired) electrons. The minimum atomic E-state index is 0.163. The first-order chi connectivity index (χ1) is 23.3. The highest BCUT2D eigenvalue weighted by molar-refractivity contribution is 7.00. The van der Waals surface area contributed by atoms with Gasteiger partial charge in [-0.15, -0.1) is 0 Å². The van der Waals surface area contributed by atoms with Gasteiger partial charge in [0.15, 0.2) is 0 Å². The van der Waals surface area contributed by atoms with E-state index in [9.17, 15) is 0 Å². The highest BCUT2D eigenvalue weighted by atomic mass is 15.2. The smallest absolute Gasteiger partial charge is 0.252 e. The monoisotopic (exact) mass is 628 g/mol. The molecule has 0 saturated heterocycles. The Hall–Kier alpha value is -4.24. The number of hydrogen-bond donors (Lipinski definition) is 0. The van der Waals surface area contributed by atoms with Crippen molar-refractivity contribution in [3.63, 3.8) is 0 Å². The van der Waals surface area contributed by atoms with Crippen LogP contribution >= 0.6 is 0 Å². The van der Waals surface area contributed by atoms with Crippen LogP contribution in [0.1, 0.15) is 120 Å². The number of benzene rings is 5. The summed E-state index contributed by atoms with van der Waals surface area (Å²) in [7, 11) is 0. The van der Waals surface area contributed by atoms with Crippen LogP contribution in [-0.4, -0.2) is 6.71 Å². The van der Waals surface area contributed by atoms with Gasteiger partial charge in [0.1, 0.15) is 0 Å². The predicted octanol–water partition coefficient (Wildman–Crippen LogP) is 11.2. The van der Waals surface area contributed by atoms with Gasteiger partial charge in [-0.2, -0.15) is 0 Å². The zero-order valence-electron chi connectivity index (χ0n) is 29.6. The Balaban J connectivity index is 1.45. The van der Waals surface area contributed by atoms with Gasteiger partial charge in [-0.05, 0) is 124 Å². The molecule has 3 heteroatoms. The van der Waals surface area contributed by atoms with E-state index in [4.69, 9.17) is 0 Å². The molecular weight excluding hydrogens is 579 g/mol. The summed E-state index contributed by atoms with van der Waals surface area (Å²) in [6, 6.07) is 40.4. The topological polar surface area (TPSA) is 6.48 Å². The summed E-state index contributed by atoms with van der Waals surface area (Å²) >= 11 is 0. The van der Waals surface area contributed by atoms with Crippen LogP contribution in [0, 0.1) is 0 Å². The quantitative estimate of drug-likeness (QED) is 0.169. The predicted molar refractivity (Wildman–Crippen MR) is 209 cm³/mol. The fourth-order valence-electron chi connectivity index (χ4n) is 8.61. The van der Waals surface area contributed by atoms with Crippen LogP contribution in [0.4, 0.5) is 34.1 Å². The summed E-state index contributed by atoms with van der Waals surface area (Å²) in [4.78, 5) is 5.20. The molecule has 1 fully saturated rings. The van der Waals surface area contributed by atoms with E-state index >= 15 is 0 Å². The first kappa shape index (κ1) is 31.1. The van der Waals surface area contributed by atoms with E-state index in [0.29, 0.717) is 23.7 Å². The first-order valence-electron chi connectivity index (χ1n) is 18.5. The van der Waals surface area contributed by atoms with Gasteiger partial charge in [-0.1, -0.05) is 115 Å². The molecule has 5 aromatic rings. The molecular formula is C45H49BN2. The molecule has 2 nitrogen and oxygen atoms in total. The Morgan fingerprint density at radius 3 is 1.79 bits per heavy atom. The summed E-state index contributed by atoms with van der Waals surface area (Å²) in [5.74, 6) is 2.01. The van der Waals surface area contributed by atoms with Crippen LogP contribution in [-0.2, 0) is 0 Å². The second kappa shape index (κ2) is 12.3. The van der Waals surface area contributed by atoms with E-state index in [1.54, 1.807) is 0 Å². The van der Waals surface area contributed by atoms with Gasteiger partial charge in [-0.25, -0.2) is 0 Å². The summed E-state index contributed by atoms with van der Waals surface area (Å²) in [5, 5.41) is 0. The SMILES string of the molecule is CC(C)c1ccc(N2c3ccc(C(C)C)cc3B3c4ccccc4N(c4cccc(C(C)C)c4)c4cc(C5CCCCC5)cc2c43)cc1. The van der Waals surface area contributed by atoms with Gasteiger partial charge in [0, 0.05) is 34.1 Å². The lowest BCUT2D eigenvalue weighted by Gasteiger charge is -2.45. The third-order valence-corrected chi connectivity index (χ3v) is 11.4. The molecule has 1 aliphatic carbocycles. The molecule has 0 unspecified atom stereocenters. The molecule has 0 aromatic heterocycles. The zero-order valence-corrected chi connectivity index (χ0v) is 29.6. The van der Waals surface area contributed by atoms with Crippen LogP contribution in [0.25, 0.3) is 0 Å². The van der Waals surface area contributed by atoms with E-state index in [1.807, 2.05) is 0 Å². The summed E-state index contributed by atoms with van der Waals surface area (Å²) in [6.45, 7) is 14.0. The van der Waals surface area contributed by atoms with E-state index in [1.165, 1.54) is 105 Å². The highest BCUT2D eigenvalue weighted by Gasteiger charge is 2.44. The Labute approximate surface area is 288 Å². The minimum absolute atomic E-state index is 0.163. The molecule has 5 aromatic carbocycles. The van der Waals surface area contributed by atoms with Gasteiger partial charge < -0.3 is 9.80 Å². The van der Waals surface area contributed by atoms with Crippen molar-refractivity contribution >= 4 is 57.2 Å². The van der Waals surface area contributed by atoms with Gasteiger partial charge in [0.25, 0.3) is 6.71 Å². The average molecular weight is 629 g/mol. The van der Waals surface area contributed by atoms with E-state index in [2.05, 4.69) is 154 Å². The number of fused-ring (bicyclic) bond motifs is 4. The molecule has 48 heavy (non-hydrogen) atoms. The number of para-hydroxylation sites is 1. The largest absolute Gasteiger partial charge is 0.311 e. The average Bonchev–Trinajstić information content (AvgIpc) is 3.11. The normalized spacial score (nSPS) is 15.6. The van der Waals surface area contributed by atoms with Crippen LogP contribution < -0.4 is 26.2 Å². The summed E-state index contributed by atoms with van der Waals surface area (Å²) in [5.41, 5.74) is 17.7. The molecule has 2 heterocycles. The summed E-state index contributed by atoms with van der Waals surface area (Å²) in [6.07, 6.45) is 6.56. The van der Waals surface area contributed by atoms with Crippen molar-refractivity contribution in [1.29, 1.82) is 0 Å². The second-order valence-electron chi connectivity index (χ2n) is 15.4. The standard InChI is InChI=1S/C45H49BN2/c1-29(2)32-19-22-37(23-20-32)47-42-24-21-35(31(5)6)26-40(42)46-39-17-10-11-18-41(39)48(38-16-12-15-34(25-38)30(3)4)44-28-36(27-43(47)45(44)46)33-13-8-7-9-14-33/h10-12,15-31,33H,7-9,13-14H2,1-6H3. The van der Waals surface area contributed by atoms with E-state index in [0.717, 1.165) is 0 Å². The molecule has 1 saturated carbocycles. The first-order valence-corrected chi connectivity index (χ1v) is 18.5. The number of rotatable bonds is 6. The van der Waals surface area contributed by atoms with Crippen molar-refractivity contribution in [3.05, 3.63) is 125 Å². The Morgan fingerprint density at radius 1 is 0.500 bits per heavy atom. The van der Waals surface area contributed by atoms with Crippen LogP contribution in [0.5, 0.6) is 0 Å². The molecule has 0 amide bonds. The maximum atomic E-state index is 2.60. The molecule has 0 N–H and O–H groups in total. The Bertz CT molecular complexity index is 1960. The summed E-state index contributed by atoms with van der Waals surface area (Å²) < 4.78 is 0. The van der Waals surface area contributed by atoms with E-state index in [-0.39, 0.29) is 6.71 Å². The molecule has 0 spiro atoms. The lowest BCUT2D eigenvalue weighted by Crippen LogP contribution is -2.61. The van der Waals surface area contributed by atoms with Gasteiger partial charge in [0.05, 0.1) is 0 Å². The lowest BCUT2D eigenvalue weighted by molar-refractivity contribution is 0.444. The lowest BCUT2D eigenvalue weighted by atomic mass is 9.33. The fraction of sp³-hybridized carbons (Fsp3) is 0.333. The second-order valence-corrected chi connectivity index (χ2v) is 15.4. The number of nitrogens with zero attached hydrogens (tertiary/aromatic N) is 2. The van der Waals surface area contributed by atoms with Crippen LogP contribution in [0.3, 0.4) is 0 Å². The van der Waals surface area contributed by atoms with Crippen LogP contribution in [0.2, 0.25) is 0 Å². The third kappa shape index (κ3) is 5.18. The molecule has 242 valence electrons. The third-order valence-electron chi connectivity index (χ3n) is 11.4. The van der Waals surface area contributed by atoms with Gasteiger partial charge >= 0.3 is 0 Å². The minimum Gasteiger partial charge on any atom is -0.311 e. The maximum Gasteiger partial charge on any atom is 0.252 e. The van der Waals surface area contributed by atoms with Crippen molar-refractivity contribution in [1.82, 2.24) is 0 Å². The van der Waals surface area contributed by atoms with Gasteiger partial charge in [0.2, 0.25) is 0 Å². The molecule has 3 aliphatic rings. The maximum absolute atomic E-state index is 2.60. The van der Waals surface area contributed by atoms with Gasteiger partial charge in [-0.3, -0.25) is 0 Å². The van der Waals surface area contributed by atoms with Crippen molar-refractivity contribution in [3.8, 4) is 0 Å². The Kier molecular flexibility index (Phi) is 7.98. The number of anilines is 6. The van der Waals surface area contributed by atoms with Crippen molar-refractivity contribution in [2.45, 2.75) is 97.3 Å². The number of hydrogen-bond acceptors (Lipinski definition) is 2. The Morgan fingerprint density at radius 2 is 1.10 bits per heavy atom. The molecule has 2 aliphatic heterocycles. The molecule has 0 bridgehead atoms. The molecule has 0 atom stereocenters. The van der Waals surface area contributed by atoms with Crippen molar-refractivity contribution in [2.24, 2.45) is 0 Å². The van der Waals surface area contributed by atoms with Crippen molar-refractivity contribution < 1.29 is 0 Å². The fourth-order valence-corrected chi connectivity index (χ4v) is 8.61. The van der Waals surface area contributed by atoms with E-state index < -0.39 is 0 Å². The highest BCUT2D eigenvalue weighted by Crippen LogP contribution is 2.47. The molecule has 8 rings (SSSR count). The van der Waals surface area contributed by atoms with Crippen molar-refractivity contribution in [2.75, 3.05) is 9.80 Å². The van der Waals surface area contributed by atoms with Crippen LogP contribution in [0.15, 0.2) is 103 Å². The zero-order chi connectivity index (χ0) is 33.1.